The lowest BCUT2D eigenvalue weighted by Gasteiger charge is -2.37. The van der Waals surface area contributed by atoms with Crippen LogP contribution >= 0.6 is 11.6 Å². The van der Waals surface area contributed by atoms with Crippen molar-refractivity contribution in [2.45, 2.75) is 63.4 Å². The van der Waals surface area contributed by atoms with E-state index in [9.17, 15) is 8.42 Å². The molecule has 1 aliphatic heterocycles. The van der Waals surface area contributed by atoms with Crippen LogP contribution in [-0.4, -0.2) is 80.1 Å². The third-order valence-corrected chi connectivity index (χ3v) is 9.64. The van der Waals surface area contributed by atoms with Crippen LogP contribution in [0.4, 0.5) is 17.5 Å². The largest absolute Gasteiger partial charge is 0.488 e. The summed E-state index contributed by atoms with van der Waals surface area (Å²) in [6, 6.07) is 4.15. The molecule has 4 N–H and O–H groups in total. The minimum Gasteiger partial charge on any atom is -0.488 e. The number of likely N-dealkylation sites (N-methyl/N-ethyl adjacent to an activating group) is 1. The Morgan fingerprint density at radius 3 is 2.63 bits per heavy atom. The minimum absolute atomic E-state index is 0.0107. The Bertz CT molecular complexity index is 1410. The summed E-state index contributed by atoms with van der Waals surface area (Å²) < 4.78 is 37.5. The zero-order valence-corrected chi connectivity index (χ0v) is 26.0. The zero-order valence-electron chi connectivity index (χ0n) is 24.4. The summed E-state index contributed by atoms with van der Waals surface area (Å²) in [7, 11) is 1.65. The first kappa shape index (κ1) is 31.0. The molecule has 2 aromatic rings. The predicted molar refractivity (Wildman–Crippen MR) is 163 cm³/mol. The van der Waals surface area contributed by atoms with E-state index < -0.39 is 20.1 Å². The molecule has 1 saturated heterocycles. The Morgan fingerprint density at radius 2 is 2.00 bits per heavy atom. The van der Waals surface area contributed by atoms with Gasteiger partial charge in [0.2, 0.25) is 5.95 Å². The molecular formula is C28H40ClN7O4S. The number of aryl methyl sites for hydroxylation is 1. The summed E-state index contributed by atoms with van der Waals surface area (Å²) in [6.07, 6.45) is 6.07. The number of likely N-dealkylation sites (tertiary alicyclic amines) is 1. The molecule has 2 heterocycles. The summed E-state index contributed by atoms with van der Waals surface area (Å²) in [5.74, 6) is 1.36. The number of piperidine rings is 1. The Balaban J connectivity index is 1.64. The van der Waals surface area contributed by atoms with Crippen LogP contribution in [0.25, 0.3) is 0 Å². The van der Waals surface area contributed by atoms with Gasteiger partial charge in [-0.2, -0.15) is 4.98 Å². The van der Waals surface area contributed by atoms with Crippen molar-refractivity contribution in [3.05, 3.63) is 46.4 Å². The van der Waals surface area contributed by atoms with Gasteiger partial charge in [0, 0.05) is 32.8 Å². The lowest BCUT2D eigenvalue weighted by molar-refractivity contribution is 0.0231. The zero-order chi connectivity index (χ0) is 29.9. The molecule has 0 amide bonds. The molecule has 0 spiro atoms. The Morgan fingerprint density at radius 1 is 1.27 bits per heavy atom. The van der Waals surface area contributed by atoms with Crippen molar-refractivity contribution in [1.29, 1.82) is 5.41 Å². The van der Waals surface area contributed by atoms with Crippen molar-refractivity contribution in [1.82, 2.24) is 20.2 Å². The number of benzene rings is 1. The lowest BCUT2D eigenvalue weighted by atomic mass is 9.84. The number of aromatic nitrogens is 2. The molecule has 4 rings (SSSR count). The van der Waals surface area contributed by atoms with Gasteiger partial charge in [0.05, 0.1) is 35.0 Å². The van der Waals surface area contributed by atoms with Crippen molar-refractivity contribution < 1.29 is 17.9 Å². The van der Waals surface area contributed by atoms with Gasteiger partial charge in [-0.15, -0.1) is 0 Å². The van der Waals surface area contributed by atoms with Crippen molar-refractivity contribution in [3.63, 3.8) is 0 Å². The van der Waals surface area contributed by atoms with Crippen molar-refractivity contribution in [3.8, 4) is 5.75 Å². The number of rotatable bonds is 11. The van der Waals surface area contributed by atoms with Gasteiger partial charge in [-0.05, 0) is 76.9 Å². The summed E-state index contributed by atoms with van der Waals surface area (Å²) in [5.41, 5.74) is 3.04. The fraction of sp³-hybridized carbons (Fsp3) is 0.536. The number of methoxy groups -OCH3 is 1. The van der Waals surface area contributed by atoms with Gasteiger partial charge < -0.3 is 30.3 Å². The fourth-order valence-electron chi connectivity index (χ4n) is 4.78. The van der Waals surface area contributed by atoms with E-state index in [4.69, 9.17) is 26.5 Å². The first-order valence-electron chi connectivity index (χ1n) is 13.7. The van der Waals surface area contributed by atoms with Gasteiger partial charge in [0.1, 0.15) is 10.8 Å². The number of nitrogens with one attached hydrogen (secondary N) is 4. The Kier molecular flexibility index (Phi) is 9.78. The van der Waals surface area contributed by atoms with Crippen molar-refractivity contribution in [2.24, 2.45) is 0 Å². The van der Waals surface area contributed by atoms with E-state index in [1.807, 2.05) is 6.07 Å². The average molecular weight is 606 g/mol. The molecule has 13 heteroatoms. The van der Waals surface area contributed by atoms with Gasteiger partial charge in [-0.3, -0.25) is 5.41 Å². The fourth-order valence-corrected chi connectivity index (χ4v) is 5.81. The molecule has 1 aromatic carbocycles. The van der Waals surface area contributed by atoms with E-state index in [0.717, 1.165) is 49.4 Å². The van der Waals surface area contributed by atoms with Crippen LogP contribution in [0.3, 0.4) is 0 Å². The number of hydrogen-bond acceptors (Lipinski definition) is 11. The number of hydrogen-bond donors (Lipinski definition) is 4. The number of ether oxygens (including phenoxy) is 2. The lowest BCUT2D eigenvalue weighted by Crippen LogP contribution is -2.41. The van der Waals surface area contributed by atoms with Crippen LogP contribution in [0.5, 0.6) is 5.75 Å². The molecule has 0 bridgehead atoms. The molecule has 41 heavy (non-hydrogen) atoms. The number of halogens is 1. The molecule has 2 unspecified atom stereocenters. The molecule has 11 nitrogen and oxygen atoms in total. The second-order valence-electron chi connectivity index (χ2n) is 10.9. The van der Waals surface area contributed by atoms with E-state index in [1.54, 1.807) is 14.2 Å². The van der Waals surface area contributed by atoms with Gasteiger partial charge in [-0.1, -0.05) is 11.6 Å². The van der Waals surface area contributed by atoms with Crippen LogP contribution in [0, 0.1) is 12.3 Å². The predicted octanol–water partition coefficient (Wildman–Crippen LogP) is 4.43. The quantitative estimate of drug-likeness (QED) is 0.215. The minimum atomic E-state index is -3.85. The van der Waals surface area contributed by atoms with E-state index in [2.05, 4.69) is 50.9 Å². The highest BCUT2D eigenvalue weighted by Gasteiger charge is 2.32. The van der Waals surface area contributed by atoms with E-state index in [0.29, 0.717) is 0 Å². The highest BCUT2D eigenvalue weighted by atomic mass is 35.5. The number of anilines is 3. The first-order chi connectivity index (χ1) is 19.4. The SMILES string of the molecule is CN/C=C(/Nc1nc(Nc2cc(C)c(C3CCN(C)CC3OC)cc2OC2CC2)ncc1Cl)C(=N)S(=O)(=O)C(C)C. The second-order valence-corrected chi connectivity index (χ2v) is 13.7. The summed E-state index contributed by atoms with van der Waals surface area (Å²) >= 11 is 6.38. The number of sulfone groups is 1. The van der Waals surface area contributed by atoms with Crippen LogP contribution in [-0.2, 0) is 14.6 Å². The van der Waals surface area contributed by atoms with E-state index >= 15 is 0 Å². The Hall–Kier alpha value is -2.93. The van der Waals surface area contributed by atoms with Gasteiger partial charge in [0.15, 0.2) is 20.7 Å². The molecule has 0 radical (unpaired) electrons. The highest BCUT2D eigenvalue weighted by molar-refractivity contribution is 8.07. The molecule has 2 atom stereocenters. The van der Waals surface area contributed by atoms with Gasteiger partial charge in [0.25, 0.3) is 0 Å². The molecule has 2 aliphatic rings. The summed E-state index contributed by atoms with van der Waals surface area (Å²) in [4.78, 5) is 11.1. The van der Waals surface area contributed by atoms with Gasteiger partial charge in [-0.25, -0.2) is 13.4 Å². The molecule has 224 valence electrons. The van der Waals surface area contributed by atoms with Crippen LogP contribution < -0.4 is 20.7 Å². The van der Waals surface area contributed by atoms with Crippen molar-refractivity contribution in [2.75, 3.05) is 44.9 Å². The monoisotopic (exact) mass is 605 g/mol. The molecule has 1 aromatic heterocycles. The van der Waals surface area contributed by atoms with E-state index in [1.165, 1.54) is 31.8 Å². The van der Waals surface area contributed by atoms with Crippen molar-refractivity contribution >= 4 is 43.9 Å². The summed E-state index contributed by atoms with van der Waals surface area (Å²) in [6.45, 7) is 7.00. The van der Waals surface area contributed by atoms with Crippen LogP contribution in [0.1, 0.15) is 50.2 Å². The molecule has 1 saturated carbocycles. The molecular weight excluding hydrogens is 566 g/mol. The maximum Gasteiger partial charge on any atom is 0.229 e. The molecule has 1 aliphatic carbocycles. The standard InChI is InChI=1S/C28H40ClN7O4S/c1-16(2)41(37,38)26(30)23(14-31-4)33-27-21(29)13-32-28(35-27)34-22-11-17(3)20(12-24(22)40-18-7-8-18)19-9-10-36(5)15-25(19)39-6/h11-14,16,18-19,25,30-31H,7-10,15H2,1-6H3,(H2,32,33,34,35)/b23-14+,30-26?. The average Bonchev–Trinajstić information content (AvgIpc) is 3.75. The first-order valence-corrected chi connectivity index (χ1v) is 15.7. The molecule has 2 fully saturated rings. The maximum atomic E-state index is 12.7. The third-order valence-electron chi connectivity index (χ3n) is 7.33. The number of nitrogens with zero attached hydrogens (tertiary/aromatic N) is 3. The smallest absolute Gasteiger partial charge is 0.229 e. The third kappa shape index (κ3) is 7.29. The highest BCUT2D eigenvalue weighted by Crippen LogP contribution is 2.40. The topological polar surface area (TPSA) is 142 Å². The Labute approximate surface area is 247 Å². The normalized spacial score (nSPS) is 20.1. The van der Waals surface area contributed by atoms with Crippen LogP contribution in [0.2, 0.25) is 5.02 Å². The van der Waals surface area contributed by atoms with E-state index in [-0.39, 0.29) is 40.6 Å². The van der Waals surface area contributed by atoms with Gasteiger partial charge >= 0.3 is 0 Å². The van der Waals surface area contributed by atoms with Crippen LogP contribution in [0.15, 0.2) is 30.2 Å². The maximum absolute atomic E-state index is 12.7. The summed E-state index contributed by atoms with van der Waals surface area (Å²) in [5, 5.41) is 16.1. The second kappa shape index (κ2) is 12.9.